The highest BCUT2D eigenvalue weighted by atomic mass is 35.5. The first kappa shape index (κ1) is 25.5. The van der Waals surface area contributed by atoms with Crippen molar-refractivity contribution in [2.75, 3.05) is 37.0 Å². The highest BCUT2D eigenvalue weighted by Crippen LogP contribution is 2.35. The van der Waals surface area contributed by atoms with Gasteiger partial charge in [0.25, 0.3) is 0 Å². The van der Waals surface area contributed by atoms with Crippen LogP contribution in [-0.4, -0.2) is 68.8 Å². The zero-order valence-corrected chi connectivity index (χ0v) is 21.4. The van der Waals surface area contributed by atoms with Crippen molar-refractivity contribution in [1.29, 1.82) is 0 Å². The lowest BCUT2D eigenvalue weighted by molar-refractivity contribution is -0.0368. The molecule has 198 valence electrons. The smallest absolute Gasteiger partial charge is 0.404 e. The van der Waals surface area contributed by atoms with Crippen molar-refractivity contribution in [3.8, 4) is 17.0 Å². The summed E-state index contributed by atoms with van der Waals surface area (Å²) in [7, 11) is 1.63. The topological polar surface area (TPSA) is 164 Å². The van der Waals surface area contributed by atoms with E-state index in [0.29, 0.717) is 71.6 Å². The van der Waals surface area contributed by atoms with Crippen LogP contribution in [0.3, 0.4) is 0 Å². The number of carbonyl (C=O) groups excluding carboxylic acids is 1. The fraction of sp³-hybridized carbons (Fsp3) is 0.320. The molecule has 1 aromatic carbocycles. The largest absolute Gasteiger partial charge is 0.497 e. The summed E-state index contributed by atoms with van der Waals surface area (Å²) in [6.45, 7) is 1.42. The second-order valence-corrected chi connectivity index (χ2v) is 9.42. The number of nitrogens with one attached hydrogen (secondary N) is 2. The fourth-order valence-electron chi connectivity index (χ4n) is 4.32. The first-order valence-corrected chi connectivity index (χ1v) is 12.4. The van der Waals surface area contributed by atoms with Crippen LogP contribution in [0.15, 0.2) is 42.7 Å². The van der Waals surface area contributed by atoms with Gasteiger partial charge in [-0.05, 0) is 36.6 Å². The van der Waals surface area contributed by atoms with E-state index in [1.165, 1.54) is 0 Å². The number of benzene rings is 1. The van der Waals surface area contributed by atoms with Gasteiger partial charge < -0.3 is 30.5 Å². The Morgan fingerprint density at radius 1 is 1.24 bits per heavy atom. The third-order valence-corrected chi connectivity index (χ3v) is 6.91. The van der Waals surface area contributed by atoms with E-state index in [0.717, 1.165) is 11.3 Å². The van der Waals surface area contributed by atoms with E-state index in [4.69, 9.17) is 26.8 Å². The fourth-order valence-corrected chi connectivity index (χ4v) is 4.59. The van der Waals surface area contributed by atoms with Crippen LogP contribution in [0.5, 0.6) is 5.75 Å². The first-order valence-electron chi connectivity index (χ1n) is 12.0. The number of nitrogens with two attached hydrogens (primary N) is 1. The summed E-state index contributed by atoms with van der Waals surface area (Å²) in [6.07, 6.45) is 3.22. The van der Waals surface area contributed by atoms with Gasteiger partial charge in [-0.3, -0.25) is 5.10 Å². The number of hydrogen-bond acceptors (Lipinski definition) is 10. The van der Waals surface area contributed by atoms with Crippen LogP contribution in [0.2, 0.25) is 5.02 Å². The molecule has 1 aliphatic rings. The minimum atomic E-state index is -1.11. The number of fused-ring (bicyclic) bond motifs is 1. The van der Waals surface area contributed by atoms with Crippen molar-refractivity contribution in [2.24, 2.45) is 5.73 Å². The summed E-state index contributed by atoms with van der Waals surface area (Å²) < 4.78 is 10.00. The monoisotopic (exact) mass is 538 g/mol. The Morgan fingerprint density at radius 2 is 2.00 bits per heavy atom. The van der Waals surface area contributed by atoms with Crippen LogP contribution in [0.4, 0.5) is 16.4 Å². The predicted octanol–water partition coefficient (Wildman–Crippen LogP) is 3.12. The molecule has 0 spiro atoms. The Balaban J connectivity index is 1.30. The molecular weight excluding hydrogens is 512 g/mol. The van der Waals surface area contributed by atoms with E-state index in [9.17, 15) is 9.90 Å². The molecule has 4 heterocycles. The number of piperidine rings is 1. The number of hydrogen-bond donors (Lipinski definition) is 4. The molecule has 1 aliphatic heterocycles. The molecule has 12 nitrogen and oxygen atoms in total. The number of primary amides is 1. The molecule has 0 atom stereocenters. The molecule has 5 N–H and O–H groups in total. The van der Waals surface area contributed by atoms with Gasteiger partial charge >= 0.3 is 6.09 Å². The Bertz CT molecular complexity index is 1440. The van der Waals surface area contributed by atoms with Crippen molar-refractivity contribution in [1.82, 2.24) is 25.1 Å². The highest BCUT2D eigenvalue weighted by Gasteiger charge is 2.34. The van der Waals surface area contributed by atoms with E-state index in [2.05, 4.69) is 30.5 Å². The predicted molar refractivity (Wildman–Crippen MR) is 142 cm³/mol. The van der Waals surface area contributed by atoms with Crippen LogP contribution in [0, 0.1) is 0 Å². The highest BCUT2D eigenvalue weighted by molar-refractivity contribution is 6.35. The summed E-state index contributed by atoms with van der Waals surface area (Å²) in [5, 5.41) is 21.7. The van der Waals surface area contributed by atoms with Gasteiger partial charge in [-0.25, -0.2) is 19.7 Å². The van der Waals surface area contributed by atoms with E-state index >= 15 is 0 Å². The second-order valence-electron chi connectivity index (χ2n) is 9.04. The number of amides is 1. The number of carbonyl (C=O) groups is 1. The summed E-state index contributed by atoms with van der Waals surface area (Å²) in [5.41, 5.74) is 7.31. The summed E-state index contributed by atoms with van der Waals surface area (Å²) >= 11 is 6.73. The average Bonchev–Trinajstić information content (AvgIpc) is 3.35. The third kappa shape index (κ3) is 5.41. The Kier molecular flexibility index (Phi) is 7.16. The number of aromatic nitrogens is 5. The lowest BCUT2D eigenvalue weighted by Gasteiger charge is -2.37. The molecule has 1 saturated heterocycles. The zero-order valence-electron chi connectivity index (χ0n) is 20.6. The minimum Gasteiger partial charge on any atom is -0.497 e. The molecule has 0 unspecified atom stereocenters. The molecule has 3 aromatic heterocycles. The molecule has 5 rings (SSSR count). The van der Waals surface area contributed by atoms with E-state index in [-0.39, 0.29) is 6.61 Å². The Hall–Kier alpha value is -4.16. The lowest BCUT2D eigenvalue weighted by Crippen LogP contribution is -2.48. The maximum absolute atomic E-state index is 10.9. The number of nitrogens with zero attached hydrogens (tertiary/aromatic N) is 5. The number of aromatic amines is 1. The van der Waals surface area contributed by atoms with Gasteiger partial charge in [0.1, 0.15) is 35.1 Å². The lowest BCUT2D eigenvalue weighted by atomic mass is 9.92. The molecule has 0 saturated carbocycles. The zero-order chi connectivity index (χ0) is 26.7. The Morgan fingerprint density at radius 3 is 2.71 bits per heavy atom. The van der Waals surface area contributed by atoms with Crippen LogP contribution in [-0.2, 0) is 11.3 Å². The van der Waals surface area contributed by atoms with Gasteiger partial charge in [0.15, 0.2) is 0 Å². The number of halogens is 1. The summed E-state index contributed by atoms with van der Waals surface area (Å²) in [6, 6.07) is 9.53. The second kappa shape index (κ2) is 10.7. The summed E-state index contributed by atoms with van der Waals surface area (Å²) in [5.74, 6) is 1.96. The molecule has 0 aliphatic carbocycles. The first-order chi connectivity index (χ1) is 18.3. The number of methoxy groups -OCH3 is 1. The third-order valence-electron chi connectivity index (χ3n) is 6.53. The SMILES string of the molecule is COc1ccc(CNc2nccc(-c3[nH]nc4nc(N5CCC(O)(COC(N)=O)CC5)cnc34)c2Cl)cc1. The number of aliphatic hydroxyl groups is 1. The van der Waals surface area contributed by atoms with Crippen molar-refractivity contribution in [2.45, 2.75) is 25.0 Å². The molecule has 13 heteroatoms. The van der Waals surface area contributed by atoms with Gasteiger partial charge in [0.05, 0.1) is 24.0 Å². The van der Waals surface area contributed by atoms with Crippen molar-refractivity contribution < 1.29 is 19.4 Å². The van der Waals surface area contributed by atoms with Gasteiger partial charge in [-0.2, -0.15) is 5.10 Å². The maximum atomic E-state index is 10.9. The van der Waals surface area contributed by atoms with E-state index in [1.54, 1.807) is 25.6 Å². The quantitative estimate of drug-likeness (QED) is 0.262. The number of pyridine rings is 1. The van der Waals surface area contributed by atoms with Crippen LogP contribution in [0.1, 0.15) is 18.4 Å². The van der Waals surface area contributed by atoms with Crippen molar-refractivity contribution >= 4 is 40.5 Å². The number of rotatable bonds is 8. The molecule has 1 fully saturated rings. The average molecular weight is 539 g/mol. The maximum Gasteiger partial charge on any atom is 0.404 e. The van der Waals surface area contributed by atoms with Crippen LogP contribution >= 0.6 is 11.6 Å². The molecule has 0 bridgehead atoms. The number of H-pyrrole nitrogens is 1. The van der Waals surface area contributed by atoms with E-state index in [1.807, 2.05) is 29.2 Å². The van der Waals surface area contributed by atoms with Crippen molar-refractivity contribution in [3.05, 3.63) is 53.3 Å². The van der Waals surface area contributed by atoms with Gasteiger partial charge in [-0.1, -0.05) is 23.7 Å². The minimum absolute atomic E-state index is 0.132. The standard InChI is InChI=1S/C25H27ClN8O4/c1-37-16-4-2-15(3-5-16)12-30-22-19(26)17(6-9-28-22)20-21-23(33-32-20)31-18(13-29-21)34-10-7-25(36,8-11-34)14-38-24(27)35/h2-6,9,13,36H,7-8,10-12,14H2,1H3,(H2,27,35)(H,28,30)(H,31,32,33). The van der Waals surface area contributed by atoms with Crippen molar-refractivity contribution in [3.63, 3.8) is 0 Å². The molecule has 0 radical (unpaired) electrons. The van der Waals surface area contributed by atoms with Gasteiger partial charge in [0.2, 0.25) is 5.65 Å². The molecule has 38 heavy (non-hydrogen) atoms. The molecule has 1 amide bonds. The van der Waals surface area contributed by atoms with Gasteiger partial charge in [-0.15, -0.1) is 0 Å². The number of ether oxygens (including phenoxy) is 2. The van der Waals surface area contributed by atoms with Crippen LogP contribution in [0.25, 0.3) is 22.4 Å². The van der Waals surface area contributed by atoms with E-state index < -0.39 is 11.7 Å². The summed E-state index contributed by atoms with van der Waals surface area (Å²) in [4.78, 5) is 26.5. The normalized spacial score (nSPS) is 14.9. The van der Waals surface area contributed by atoms with Crippen LogP contribution < -0.4 is 20.7 Å². The molecular formula is C25H27ClN8O4. The number of anilines is 2. The molecule has 4 aromatic rings. The Labute approximate surface area is 223 Å². The van der Waals surface area contributed by atoms with Gasteiger partial charge in [0, 0.05) is 31.4 Å².